The van der Waals surface area contributed by atoms with Crippen molar-refractivity contribution in [2.75, 3.05) is 19.8 Å². The third-order valence-corrected chi connectivity index (χ3v) is 4.08. The second-order valence-electron chi connectivity index (χ2n) is 6.10. The Hall–Kier alpha value is -3.48. The SMILES string of the molecule is CCOC(=O)COc1cccc2c1C(=O)c1cccc(OCC(C)=O)c1C2=O. The van der Waals surface area contributed by atoms with Crippen molar-refractivity contribution >= 4 is 23.3 Å². The fraction of sp³-hybridized carbons (Fsp3) is 0.238. The maximum atomic E-state index is 13.1. The van der Waals surface area contributed by atoms with Crippen LogP contribution in [0.25, 0.3) is 0 Å². The van der Waals surface area contributed by atoms with Gasteiger partial charge in [-0.3, -0.25) is 14.4 Å². The van der Waals surface area contributed by atoms with E-state index in [1.165, 1.54) is 25.1 Å². The first kappa shape index (κ1) is 19.3. The molecule has 2 aromatic carbocycles. The van der Waals surface area contributed by atoms with Crippen molar-refractivity contribution in [3.05, 3.63) is 58.7 Å². The summed E-state index contributed by atoms with van der Waals surface area (Å²) in [6.45, 7) is 2.68. The van der Waals surface area contributed by atoms with Crippen LogP contribution in [0.5, 0.6) is 11.5 Å². The molecule has 0 N–H and O–H groups in total. The molecule has 0 heterocycles. The van der Waals surface area contributed by atoms with Gasteiger partial charge in [0, 0.05) is 11.1 Å². The zero-order chi connectivity index (χ0) is 20.3. The number of ketones is 3. The average Bonchev–Trinajstić information content (AvgIpc) is 2.68. The first-order chi connectivity index (χ1) is 13.4. The lowest BCUT2D eigenvalue weighted by molar-refractivity contribution is -0.145. The molecule has 0 bridgehead atoms. The molecule has 1 aliphatic rings. The van der Waals surface area contributed by atoms with E-state index in [0.29, 0.717) is 0 Å². The third kappa shape index (κ3) is 3.64. The number of hydrogen-bond donors (Lipinski definition) is 0. The highest BCUT2D eigenvalue weighted by Crippen LogP contribution is 2.37. The standard InChI is InChI=1S/C21H18O7/c1-3-26-17(23)11-28-16-9-5-7-14-19(16)21(25)13-6-4-8-15(18(13)20(14)24)27-10-12(2)22/h4-9H,3,10-11H2,1-2H3. The molecule has 7 heteroatoms. The van der Waals surface area contributed by atoms with E-state index in [1.807, 2.05) is 0 Å². The molecule has 0 radical (unpaired) electrons. The van der Waals surface area contributed by atoms with E-state index in [1.54, 1.807) is 25.1 Å². The van der Waals surface area contributed by atoms with Gasteiger partial charge in [0.2, 0.25) is 0 Å². The van der Waals surface area contributed by atoms with Gasteiger partial charge in [0.15, 0.2) is 24.0 Å². The van der Waals surface area contributed by atoms with E-state index in [2.05, 4.69) is 0 Å². The minimum Gasteiger partial charge on any atom is -0.485 e. The van der Waals surface area contributed by atoms with Gasteiger partial charge in [-0.1, -0.05) is 24.3 Å². The summed E-state index contributed by atoms with van der Waals surface area (Å²) >= 11 is 0. The van der Waals surface area contributed by atoms with Crippen LogP contribution in [-0.2, 0) is 14.3 Å². The molecule has 0 aliphatic heterocycles. The third-order valence-electron chi connectivity index (χ3n) is 4.08. The summed E-state index contributed by atoms with van der Waals surface area (Å²) < 4.78 is 15.7. The van der Waals surface area contributed by atoms with Crippen LogP contribution in [0.2, 0.25) is 0 Å². The molecule has 1 aliphatic carbocycles. The van der Waals surface area contributed by atoms with E-state index >= 15 is 0 Å². The predicted molar refractivity (Wildman–Crippen MR) is 98.1 cm³/mol. The van der Waals surface area contributed by atoms with Crippen LogP contribution in [0, 0.1) is 0 Å². The smallest absolute Gasteiger partial charge is 0.344 e. The molecule has 144 valence electrons. The molecule has 0 amide bonds. The topological polar surface area (TPSA) is 96.0 Å². The summed E-state index contributed by atoms with van der Waals surface area (Å²) in [6.07, 6.45) is 0. The number of fused-ring (bicyclic) bond motifs is 2. The van der Waals surface area contributed by atoms with Crippen LogP contribution in [0.1, 0.15) is 45.7 Å². The summed E-state index contributed by atoms with van der Waals surface area (Å²) in [4.78, 5) is 48.9. The molecule has 0 unspecified atom stereocenters. The van der Waals surface area contributed by atoms with E-state index in [-0.39, 0.29) is 59.4 Å². The van der Waals surface area contributed by atoms with Gasteiger partial charge in [-0.05, 0) is 26.0 Å². The number of benzene rings is 2. The number of Topliss-reactive ketones (excluding diaryl/α,β-unsaturated/α-hetero) is 1. The Bertz CT molecular complexity index is 975. The minimum atomic E-state index is -0.574. The fourth-order valence-corrected chi connectivity index (χ4v) is 2.94. The average molecular weight is 382 g/mol. The molecule has 0 spiro atoms. The minimum absolute atomic E-state index is 0.0908. The molecular formula is C21H18O7. The predicted octanol–water partition coefficient (Wildman–Crippen LogP) is 2.37. The van der Waals surface area contributed by atoms with Crippen LogP contribution >= 0.6 is 0 Å². The molecule has 0 saturated carbocycles. The van der Waals surface area contributed by atoms with Crippen molar-refractivity contribution in [3.63, 3.8) is 0 Å². The van der Waals surface area contributed by atoms with Gasteiger partial charge in [-0.25, -0.2) is 4.79 Å². The van der Waals surface area contributed by atoms with Gasteiger partial charge in [0.25, 0.3) is 0 Å². The Labute approximate surface area is 161 Å². The molecular weight excluding hydrogens is 364 g/mol. The monoisotopic (exact) mass is 382 g/mol. The number of carbonyl (C=O) groups is 4. The highest BCUT2D eigenvalue weighted by atomic mass is 16.6. The Balaban J connectivity index is 1.99. The van der Waals surface area contributed by atoms with E-state index in [0.717, 1.165) is 0 Å². The van der Waals surface area contributed by atoms with Crippen molar-refractivity contribution in [1.29, 1.82) is 0 Å². The van der Waals surface area contributed by atoms with Gasteiger partial charge >= 0.3 is 5.97 Å². The second-order valence-corrected chi connectivity index (χ2v) is 6.10. The summed E-state index contributed by atoms with van der Waals surface area (Å²) in [5.41, 5.74) is 0.514. The molecule has 7 nitrogen and oxygen atoms in total. The molecule has 0 atom stereocenters. The first-order valence-corrected chi connectivity index (χ1v) is 8.70. The number of hydrogen-bond acceptors (Lipinski definition) is 7. The molecule has 0 saturated heterocycles. The van der Waals surface area contributed by atoms with Crippen molar-refractivity contribution < 1.29 is 33.4 Å². The van der Waals surface area contributed by atoms with Crippen LogP contribution in [0.3, 0.4) is 0 Å². The van der Waals surface area contributed by atoms with Gasteiger partial charge in [-0.2, -0.15) is 0 Å². The summed E-state index contributed by atoms with van der Waals surface area (Å²) in [6, 6.07) is 9.23. The van der Waals surface area contributed by atoms with Crippen LogP contribution in [0.4, 0.5) is 0 Å². The maximum absolute atomic E-state index is 13.1. The lowest BCUT2D eigenvalue weighted by atomic mass is 9.83. The summed E-state index contributed by atoms with van der Waals surface area (Å²) in [7, 11) is 0. The Morgan fingerprint density at radius 3 is 1.79 bits per heavy atom. The molecule has 2 aromatic rings. The Morgan fingerprint density at radius 1 is 0.821 bits per heavy atom. The lowest BCUT2D eigenvalue weighted by Gasteiger charge is -2.22. The quantitative estimate of drug-likeness (QED) is 0.579. The van der Waals surface area contributed by atoms with E-state index < -0.39 is 17.5 Å². The molecule has 28 heavy (non-hydrogen) atoms. The maximum Gasteiger partial charge on any atom is 0.344 e. The van der Waals surface area contributed by atoms with Crippen molar-refractivity contribution in [1.82, 2.24) is 0 Å². The molecule has 0 aromatic heterocycles. The number of rotatable bonds is 7. The van der Waals surface area contributed by atoms with Crippen molar-refractivity contribution in [2.45, 2.75) is 13.8 Å². The first-order valence-electron chi connectivity index (χ1n) is 8.70. The summed E-state index contributed by atoms with van der Waals surface area (Å²) in [5.74, 6) is -1.31. The van der Waals surface area contributed by atoms with E-state index in [4.69, 9.17) is 14.2 Å². The second kappa shape index (κ2) is 8.04. The zero-order valence-electron chi connectivity index (χ0n) is 15.4. The van der Waals surface area contributed by atoms with Crippen molar-refractivity contribution in [2.24, 2.45) is 0 Å². The fourth-order valence-electron chi connectivity index (χ4n) is 2.94. The Morgan fingerprint density at radius 2 is 1.32 bits per heavy atom. The molecule has 3 rings (SSSR count). The summed E-state index contributed by atoms with van der Waals surface area (Å²) in [5, 5.41) is 0. The lowest BCUT2D eigenvalue weighted by Crippen LogP contribution is -2.24. The van der Waals surface area contributed by atoms with Crippen molar-refractivity contribution in [3.8, 4) is 11.5 Å². The number of ether oxygens (including phenoxy) is 3. The number of esters is 1. The van der Waals surface area contributed by atoms with Gasteiger partial charge < -0.3 is 14.2 Å². The zero-order valence-corrected chi connectivity index (χ0v) is 15.4. The van der Waals surface area contributed by atoms with Crippen LogP contribution < -0.4 is 9.47 Å². The highest BCUT2D eigenvalue weighted by Gasteiger charge is 2.34. The normalized spacial score (nSPS) is 12.1. The van der Waals surface area contributed by atoms with Gasteiger partial charge in [-0.15, -0.1) is 0 Å². The molecule has 0 fully saturated rings. The number of carbonyl (C=O) groups excluding carboxylic acids is 4. The largest absolute Gasteiger partial charge is 0.485 e. The Kier molecular flexibility index (Phi) is 5.54. The van der Waals surface area contributed by atoms with Gasteiger partial charge in [0.05, 0.1) is 17.7 Å². The van der Waals surface area contributed by atoms with Crippen LogP contribution in [-0.4, -0.2) is 43.1 Å². The van der Waals surface area contributed by atoms with Gasteiger partial charge in [0.1, 0.15) is 18.1 Å². The van der Waals surface area contributed by atoms with Crippen LogP contribution in [0.15, 0.2) is 36.4 Å². The highest BCUT2D eigenvalue weighted by molar-refractivity contribution is 6.30. The van der Waals surface area contributed by atoms with E-state index in [9.17, 15) is 19.2 Å².